The van der Waals surface area contributed by atoms with Gasteiger partial charge in [0.25, 0.3) is 0 Å². The van der Waals surface area contributed by atoms with E-state index in [9.17, 15) is 4.79 Å². The summed E-state index contributed by atoms with van der Waals surface area (Å²) in [6.07, 6.45) is 0.389. The topological polar surface area (TPSA) is 55.6 Å². The number of benzene rings is 2. The zero-order chi connectivity index (χ0) is 13.9. The second-order valence-electron chi connectivity index (χ2n) is 4.85. The fourth-order valence-electron chi connectivity index (χ4n) is 2.35. The number of anilines is 1. The monoisotopic (exact) mass is 268 g/mol. The summed E-state index contributed by atoms with van der Waals surface area (Å²) in [5.41, 5.74) is 6.62. The number of ether oxygens (including phenoxy) is 1. The van der Waals surface area contributed by atoms with Crippen molar-refractivity contribution in [1.29, 1.82) is 0 Å². The van der Waals surface area contributed by atoms with Crippen molar-refractivity contribution in [1.82, 2.24) is 0 Å². The lowest BCUT2D eigenvalue weighted by Crippen LogP contribution is -2.28. The molecule has 1 heterocycles. The molecular formula is C16H16N2O2. The SMILES string of the molecule is NC1CC(=O)N(c2ccccc2Oc2ccccc2)C1. The molecule has 20 heavy (non-hydrogen) atoms. The Labute approximate surface area is 117 Å². The van der Waals surface area contributed by atoms with Crippen LogP contribution in [0.1, 0.15) is 6.42 Å². The Balaban J connectivity index is 1.91. The predicted octanol–water partition coefficient (Wildman–Crippen LogP) is 2.54. The summed E-state index contributed by atoms with van der Waals surface area (Å²) in [7, 11) is 0. The summed E-state index contributed by atoms with van der Waals surface area (Å²) in [5, 5.41) is 0. The molecule has 0 spiro atoms. The van der Waals surface area contributed by atoms with Crippen LogP contribution < -0.4 is 15.4 Å². The zero-order valence-electron chi connectivity index (χ0n) is 11.0. The summed E-state index contributed by atoms with van der Waals surface area (Å²) in [6, 6.07) is 16.9. The molecule has 1 amide bonds. The number of nitrogens with two attached hydrogens (primary N) is 1. The van der Waals surface area contributed by atoms with Gasteiger partial charge in [0.15, 0.2) is 5.75 Å². The molecule has 0 saturated carbocycles. The molecule has 1 aliphatic rings. The van der Waals surface area contributed by atoms with E-state index in [1.165, 1.54) is 0 Å². The van der Waals surface area contributed by atoms with E-state index in [1.807, 2.05) is 54.6 Å². The third-order valence-corrected chi connectivity index (χ3v) is 3.28. The number of rotatable bonds is 3. The Bertz CT molecular complexity index is 613. The first kappa shape index (κ1) is 12.7. The molecule has 1 unspecified atom stereocenters. The Hall–Kier alpha value is -2.33. The Morgan fingerprint density at radius 2 is 1.75 bits per heavy atom. The van der Waals surface area contributed by atoms with Gasteiger partial charge in [-0.05, 0) is 24.3 Å². The van der Waals surface area contributed by atoms with Crippen LogP contribution in [0.3, 0.4) is 0 Å². The van der Waals surface area contributed by atoms with E-state index in [-0.39, 0.29) is 11.9 Å². The molecule has 0 aliphatic carbocycles. The lowest BCUT2D eigenvalue weighted by molar-refractivity contribution is -0.117. The highest BCUT2D eigenvalue weighted by atomic mass is 16.5. The van der Waals surface area contributed by atoms with E-state index in [4.69, 9.17) is 10.5 Å². The fourth-order valence-corrected chi connectivity index (χ4v) is 2.35. The molecule has 1 atom stereocenters. The van der Waals surface area contributed by atoms with Crippen LogP contribution in [0.4, 0.5) is 5.69 Å². The minimum absolute atomic E-state index is 0.0432. The number of amides is 1. The maximum absolute atomic E-state index is 12.0. The summed E-state index contributed by atoms with van der Waals surface area (Å²) < 4.78 is 5.87. The van der Waals surface area contributed by atoms with Gasteiger partial charge in [0.1, 0.15) is 5.75 Å². The molecule has 102 valence electrons. The lowest BCUT2D eigenvalue weighted by Gasteiger charge is -2.19. The Morgan fingerprint density at radius 3 is 2.45 bits per heavy atom. The minimum Gasteiger partial charge on any atom is -0.455 e. The maximum Gasteiger partial charge on any atom is 0.228 e. The third kappa shape index (κ3) is 2.51. The molecule has 0 aromatic heterocycles. The number of para-hydroxylation sites is 3. The molecule has 1 saturated heterocycles. The first-order chi connectivity index (χ1) is 9.74. The zero-order valence-corrected chi connectivity index (χ0v) is 11.0. The van der Waals surface area contributed by atoms with E-state index >= 15 is 0 Å². The van der Waals surface area contributed by atoms with Crippen LogP contribution in [0.5, 0.6) is 11.5 Å². The van der Waals surface area contributed by atoms with Gasteiger partial charge in [0.05, 0.1) is 5.69 Å². The average molecular weight is 268 g/mol. The van der Waals surface area contributed by atoms with Crippen molar-refractivity contribution in [2.75, 3.05) is 11.4 Å². The van der Waals surface area contributed by atoms with Gasteiger partial charge in [-0.25, -0.2) is 0 Å². The number of hydrogen-bond acceptors (Lipinski definition) is 3. The van der Waals surface area contributed by atoms with Crippen LogP contribution in [0, 0.1) is 0 Å². The summed E-state index contributed by atoms with van der Waals surface area (Å²) in [6.45, 7) is 0.536. The van der Waals surface area contributed by atoms with E-state index in [0.29, 0.717) is 18.7 Å². The normalized spacial score (nSPS) is 18.4. The van der Waals surface area contributed by atoms with Crippen molar-refractivity contribution in [3.63, 3.8) is 0 Å². The summed E-state index contributed by atoms with van der Waals surface area (Å²) in [5.74, 6) is 1.46. The van der Waals surface area contributed by atoms with Gasteiger partial charge in [-0.15, -0.1) is 0 Å². The van der Waals surface area contributed by atoms with Gasteiger partial charge in [-0.1, -0.05) is 30.3 Å². The number of nitrogens with zero attached hydrogens (tertiary/aromatic N) is 1. The van der Waals surface area contributed by atoms with E-state index in [0.717, 1.165) is 11.4 Å². The van der Waals surface area contributed by atoms with Crippen LogP contribution in [0.15, 0.2) is 54.6 Å². The number of carbonyl (C=O) groups excluding carboxylic acids is 1. The first-order valence-corrected chi connectivity index (χ1v) is 6.62. The van der Waals surface area contributed by atoms with Gasteiger partial charge in [0, 0.05) is 19.0 Å². The Kier molecular flexibility index (Phi) is 3.39. The van der Waals surface area contributed by atoms with Crippen LogP contribution in [-0.4, -0.2) is 18.5 Å². The van der Waals surface area contributed by atoms with Crippen LogP contribution >= 0.6 is 0 Å². The molecule has 2 aromatic rings. The summed E-state index contributed by atoms with van der Waals surface area (Å²) in [4.78, 5) is 13.7. The van der Waals surface area contributed by atoms with Gasteiger partial charge in [-0.3, -0.25) is 4.79 Å². The molecule has 0 radical (unpaired) electrons. The minimum atomic E-state index is -0.104. The molecule has 2 aromatic carbocycles. The quantitative estimate of drug-likeness (QED) is 0.930. The molecule has 2 N–H and O–H groups in total. The van der Waals surface area contributed by atoms with Gasteiger partial charge < -0.3 is 15.4 Å². The Morgan fingerprint density at radius 1 is 1.05 bits per heavy atom. The lowest BCUT2D eigenvalue weighted by atomic mass is 10.2. The van der Waals surface area contributed by atoms with Crippen molar-refractivity contribution in [2.24, 2.45) is 5.73 Å². The second kappa shape index (κ2) is 5.35. The van der Waals surface area contributed by atoms with E-state index < -0.39 is 0 Å². The predicted molar refractivity (Wildman–Crippen MR) is 77.9 cm³/mol. The van der Waals surface area contributed by atoms with E-state index in [2.05, 4.69) is 0 Å². The van der Waals surface area contributed by atoms with Crippen molar-refractivity contribution in [2.45, 2.75) is 12.5 Å². The molecule has 4 nitrogen and oxygen atoms in total. The summed E-state index contributed by atoms with van der Waals surface area (Å²) >= 11 is 0. The van der Waals surface area contributed by atoms with Crippen molar-refractivity contribution >= 4 is 11.6 Å². The van der Waals surface area contributed by atoms with Crippen LogP contribution in [-0.2, 0) is 4.79 Å². The highest BCUT2D eigenvalue weighted by Gasteiger charge is 2.29. The van der Waals surface area contributed by atoms with Crippen molar-refractivity contribution < 1.29 is 9.53 Å². The standard InChI is InChI=1S/C16H16N2O2/c17-12-10-16(19)18(11-12)14-8-4-5-9-15(14)20-13-6-2-1-3-7-13/h1-9,12H,10-11,17H2. The van der Waals surface area contributed by atoms with Crippen LogP contribution in [0.2, 0.25) is 0 Å². The first-order valence-electron chi connectivity index (χ1n) is 6.62. The highest BCUT2D eigenvalue weighted by Crippen LogP contribution is 2.34. The molecule has 4 heteroatoms. The number of hydrogen-bond donors (Lipinski definition) is 1. The second-order valence-corrected chi connectivity index (χ2v) is 4.85. The van der Waals surface area contributed by atoms with Gasteiger partial charge >= 0.3 is 0 Å². The molecule has 1 fully saturated rings. The fraction of sp³-hybridized carbons (Fsp3) is 0.188. The van der Waals surface area contributed by atoms with Gasteiger partial charge in [0.2, 0.25) is 5.91 Å². The molecule has 3 rings (SSSR count). The molecular weight excluding hydrogens is 252 g/mol. The maximum atomic E-state index is 12.0. The van der Waals surface area contributed by atoms with Crippen molar-refractivity contribution in [3.8, 4) is 11.5 Å². The third-order valence-electron chi connectivity index (χ3n) is 3.28. The largest absolute Gasteiger partial charge is 0.455 e. The van der Waals surface area contributed by atoms with Crippen molar-refractivity contribution in [3.05, 3.63) is 54.6 Å². The molecule has 0 bridgehead atoms. The van der Waals surface area contributed by atoms with Crippen LogP contribution in [0.25, 0.3) is 0 Å². The highest BCUT2D eigenvalue weighted by molar-refractivity contribution is 5.97. The van der Waals surface area contributed by atoms with E-state index in [1.54, 1.807) is 4.90 Å². The molecule has 1 aliphatic heterocycles. The average Bonchev–Trinajstić information content (AvgIpc) is 2.79. The number of carbonyl (C=O) groups is 1. The van der Waals surface area contributed by atoms with Gasteiger partial charge in [-0.2, -0.15) is 0 Å². The smallest absolute Gasteiger partial charge is 0.228 e.